The fourth-order valence-corrected chi connectivity index (χ4v) is 4.87. The number of anilines is 1. The Balaban J connectivity index is 1.85. The zero-order chi connectivity index (χ0) is 26.0. The van der Waals surface area contributed by atoms with Crippen LogP contribution in [0.25, 0.3) is 5.76 Å². The Morgan fingerprint density at radius 3 is 2.39 bits per heavy atom. The molecular formula is C26H24N2O7S. The summed E-state index contributed by atoms with van der Waals surface area (Å²) in [7, 11) is 1.24. The van der Waals surface area contributed by atoms with Crippen LogP contribution in [0, 0.1) is 6.92 Å². The summed E-state index contributed by atoms with van der Waals surface area (Å²) in [6, 6.07) is 11.4. The number of Topliss-reactive ketones (excluding diaryl/α,β-unsaturated/α-hetero) is 1. The predicted octanol–water partition coefficient (Wildman–Crippen LogP) is 4.36. The maximum absolute atomic E-state index is 13.2. The molecule has 1 fully saturated rings. The Bertz CT molecular complexity index is 1340. The summed E-state index contributed by atoms with van der Waals surface area (Å²) < 4.78 is 10.4. The number of aromatic hydroxyl groups is 1. The number of ketones is 1. The average Bonchev–Trinajstić information content (AvgIpc) is 3.39. The molecule has 0 bridgehead atoms. The molecule has 1 saturated heterocycles. The molecule has 10 heteroatoms. The number of phenols is 1. The van der Waals surface area contributed by atoms with Crippen LogP contribution in [0.3, 0.4) is 0 Å². The Labute approximate surface area is 211 Å². The third-order valence-corrected chi connectivity index (χ3v) is 6.75. The SMILES string of the molecule is CCCOc1ccc(C(O)=C2C(=O)C(=O)N(c3nc(C)c(C(=O)OC)s3)[C@H]2c2ccc(O)cc2)cc1. The van der Waals surface area contributed by atoms with E-state index in [-0.39, 0.29) is 27.1 Å². The number of carbonyl (C=O) groups excluding carboxylic acids is 3. The van der Waals surface area contributed by atoms with Crippen molar-refractivity contribution in [2.45, 2.75) is 26.3 Å². The number of aryl methyl sites for hydroxylation is 1. The number of hydrogen-bond acceptors (Lipinski definition) is 9. The van der Waals surface area contributed by atoms with Crippen LogP contribution in [-0.2, 0) is 14.3 Å². The lowest BCUT2D eigenvalue weighted by Gasteiger charge is -2.23. The molecule has 0 radical (unpaired) electrons. The Morgan fingerprint density at radius 2 is 1.78 bits per heavy atom. The van der Waals surface area contributed by atoms with Crippen molar-refractivity contribution >= 4 is 39.9 Å². The van der Waals surface area contributed by atoms with Gasteiger partial charge in [0.15, 0.2) is 5.13 Å². The van der Waals surface area contributed by atoms with Crippen molar-refractivity contribution in [3.8, 4) is 11.5 Å². The number of thiazole rings is 1. The first-order valence-corrected chi connectivity index (χ1v) is 12.0. The number of carbonyl (C=O) groups is 3. The molecule has 36 heavy (non-hydrogen) atoms. The highest BCUT2D eigenvalue weighted by molar-refractivity contribution is 7.17. The fraction of sp³-hybridized carbons (Fsp3) is 0.231. The van der Waals surface area contributed by atoms with E-state index >= 15 is 0 Å². The number of ether oxygens (including phenoxy) is 2. The Kier molecular flexibility index (Phi) is 7.07. The molecule has 1 aromatic heterocycles. The van der Waals surface area contributed by atoms with Crippen LogP contribution in [0.2, 0.25) is 0 Å². The topological polar surface area (TPSA) is 126 Å². The standard InChI is InChI=1S/C26H24N2O7S/c1-4-13-35-18-11-7-16(8-12-18)21(30)19-20(15-5-9-17(29)10-6-15)28(24(32)22(19)31)26-27-14(2)23(36-26)25(33)34-3/h5-12,20,29-30H,4,13H2,1-3H3/t20-/m0/s1. The molecule has 0 aliphatic carbocycles. The summed E-state index contributed by atoms with van der Waals surface area (Å²) in [6.07, 6.45) is 0.839. The van der Waals surface area contributed by atoms with Gasteiger partial charge in [0, 0.05) is 5.56 Å². The summed E-state index contributed by atoms with van der Waals surface area (Å²) in [5, 5.41) is 21.1. The Morgan fingerprint density at radius 1 is 1.11 bits per heavy atom. The number of aromatic nitrogens is 1. The van der Waals surface area contributed by atoms with Crippen LogP contribution >= 0.6 is 11.3 Å². The molecule has 186 valence electrons. The number of benzene rings is 2. The molecule has 3 aromatic rings. The lowest BCUT2D eigenvalue weighted by atomic mass is 9.95. The summed E-state index contributed by atoms with van der Waals surface area (Å²) in [4.78, 5) is 44.3. The van der Waals surface area contributed by atoms with Crippen LogP contribution in [-0.4, -0.2) is 46.6 Å². The van der Waals surface area contributed by atoms with Gasteiger partial charge < -0.3 is 19.7 Å². The van der Waals surface area contributed by atoms with Crippen LogP contribution < -0.4 is 9.64 Å². The second-order valence-electron chi connectivity index (χ2n) is 8.04. The van der Waals surface area contributed by atoms with Crippen LogP contribution in [0.4, 0.5) is 5.13 Å². The molecule has 1 amide bonds. The predicted molar refractivity (Wildman–Crippen MR) is 133 cm³/mol. The maximum atomic E-state index is 13.2. The zero-order valence-corrected chi connectivity index (χ0v) is 20.7. The number of phenolic OH excluding ortho intramolecular Hbond substituents is 1. The van der Waals surface area contributed by atoms with E-state index in [1.54, 1.807) is 43.3 Å². The summed E-state index contributed by atoms with van der Waals surface area (Å²) in [6.45, 7) is 4.12. The summed E-state index contributed by atoms with van der Waals surface area (Å²) in [5.41, 5.74) is 0.992. The van der Waals surface area contributed by atoms with E-state index in [9.17, 15) is 24.6 Å². The number of nitrogens with zero attached hydrogens (tertiary/aromatic N) is 2. The minimum atomic E-state index is -1.04. The van der Waals surface area contributed by atoms with E-state index in [1.165, 1.54) is 19.2 Å². The molecule has 2 aromatic carbocycles. The van der Waals surface area contributed by atoms with Crippen molar-refractivity contribution in [3.63, 3.8) is 0 Å². The summed E-state index contributed by atoms with van der Waals surface area (Å²) >= 11 is 0.913. The largest absolute Gasteiger partial charge is 0.508 e. The molecule has 2 N–H and O–H groups in total. The molecule has 0 unspecified atom stereocenters. The van der Waals surface area contributed by atoms with Gasteiger partial charge in [0.05, 0.1) is 31.0 Å². The lowest BCUT2D eigenvalue weighted by Crippen LogP contribution is -2.29. The highest BCUT2D eigenvalue weighted by Gasteiger charge is 2.48. The lowest BCUT2D eigenvalue weighted by molar-refractivity contribution is -0.132. The van der Waals surface area contributed by atoms with Crippen molar-refractivity contribution in [3.05, 3.63) is 75.8 Å². The van der Waals surface area contributed by atoms with Gasteiger partial charge in [-0.2, -0.15) is 0 Å². The zero-order valence-electron chi connectivity index (χ0n) is 19.8. The molecule has 1 aliphatic rings. The van der Waals surface area contributed by atoms with Crippen molar-refractivity contribution in [2.75, 3.05) is 18.6 Å². The number of esters is 1. The molecular weight excluding hydrogens is 484 g/mol. The third-order valence-electron chi connectivity index (χ3n) is 5.62. The van der Waals surface area contributed by atoms with E-state index in [0.29, 0.717) is 29.2 Å². The number of methoxy groups -OCH3 is 1. The molecule has 1 atom stereocenters. The van der Waals surface area contributed by atoms with Gasteiger partial charge in [-0.15, -0.1) is 0 Å². The monoisotopic (exact) mass is 508 g/mol. The third kappa shape index (κ3) is 4.55. The van der Waals surface area contributed by atoms with E-state index in [2.05, 4.69) is 4.98 Å². The van der Waals surface area contributed by atoms with Crippen LogP contribution in [0.15, 0.2) is 54.1 Å². The van der Waals surface area contributed by atoms with Gasteiger partial charge in [-0.3, -0.25) is 14.5 Å². The molecule has 0 spiro atoms. The molecule has 2 heterocycles. The van der Waals surface area contributed by atoms with Crippen molar-refractivity contribution in [1.29, 1.82) is 0 Å². The van der Waals surface area contributed by atoms with E-state index in [1.807, 2.05) is 6.92 Å². The average molecular weight is 509 g/mol. The normalized spacial score (nSPS) is 16.9. The van der Waals surface area contributed by atoms with Crippen LogP contribution in [0.5, 0.6) is 11.5 Å². The van der Waals surface area contributed by atoms with E-state index in [0.717, 1.165) is 22.7 Å². The highest BCUT2D eigenvalue weighted by atomic mass is 32.1. The molecule has 4 rings (SSSR count). The number of aliphatic hydroxyl groups excluding tert-OH is 1. The van der Waals surface area contributed by atoms with Gasteiger partial charge in [-0.25, -0.2) is 9.78 Å². The van der Waals surface area contributed by atoms with Gasteiger partial charge in [0.1, 0.15) is 22.1 Å². The quantitative estimate of drug-likeness (QED) is 0.209. The van der Waals surface area contributed by atoms with Gasteiger partial charge in [0.25, 0.3) is 5.78 Å². The first kappa shape index (κ1) is 24.9. The van der Waals surface area contributed by atoms with Gasteiger partial charge in [-0.1, -0.05) is 30.4 Å². The fourth-order valence-electron chi connectivity index (χ4n) is 3.85. The minimum Gasteiger partial charge on any atom is -0.508 e. The first-order chi connectivity index (χ1) is 17.3. The van der Waals surface area contributed by atoms with Gasteiger partial charge in [0.2, 0.25) is 0 Å². The first-order valence-electron chi connectivity index (χ1n) is 11.2. The minimum absolute atomic E-state index is 0.00330. The summed E-state index contributed by atoms with van der Waals surface area (Å²) in [5.74, 6) is -2.17. The number of aliphatic hydroxyl groups is 1. The van der Waals surface area contributed by atoms with Crippen molar-refractivity contribution in [2.24, 2.45) is 0 Å². The smallest absolute Gasteiger partial charge is 0.350 e. The van der Waals surface area contributed by atoms with Crippen LogP contribution in [0.1, 0.15) is 45.9 Å². The molecule has 1 aliphatic heterocycles. The maximum Gasteiger partial charge on any atom is 0.350 e. The van der Waals surface area contributed by atoms with Crippen molar-refractivity contribution < 1.29 is 34.1 Å². The molecule has 9 nitrogen and oxygen atoms in total. The Hall–Kier alpha value is -4.18. The number of amides is 1. The van der Waals surface area contributed by atoms with E-state index in [4.69, 9.17) is 9.47 Å². The van der Waals surface area contributed by atoms with E-state index < -0.39 is 23.7 Å². The number of rotatable bonds is 7. The van der Waals surface area contributed by atoms with Gasteiger partial charge in [-0.05, 0) is 55.3 Å². The number of hydrogen-bond donors (Lipinski definition) is 2. The van der Waals surface area contributed by atoms with Gasteiger partial charge >= 0.3 is 11.9 Å². The van der Waals surface area contributed by atoms with Crippen molar-refractivity contribution in [1.82, 2.24) is 4.98 Å². The highest BCUT2D eigenvalue weighted by Crippen LogP contribution is 2.44. The second kappa shape index (κ2) is 10.2. The molecule has 0 saturated carbocycles. The second-order valence-corrected chi connectivity index (χ2v) is 9.01.